The standard InChI is InChI=1S/C21H22ClFN4O/c22-16-4-3-15-2-1-9-27(18(15)7-5-16)20(28)26-13-21(14-26)11-25(12-21)19-8-6-17(23)10-24-19/h4-8,10H,1-3,9,11-14H2. The van der Waals surface area contributed by atoms with Gasteiger partial charge < -0.3 is 9.80 Å². The lowest BCUT2D eigenvalue weighted by Crippen LogP contribution is -2.74. The summed E-state index contributed by atoms with van der Waals surface area (Å²) in [4.78, 5) is 23.3. The predicted octanol–water partition coefficient (Wildman–Crippen LogP) is 3.90. The molecule has 0 aromatic carbocycles. The van der Waals surface area contributed by atoms with E-state index in [0.717, 1.165) is 68.5 Å². The summed E-state index contributed by atoms with van der Waals surface area (Å²) in [5.74, 6) is 0.481. The number of allylic oxidation sites excluding steroid dienone is 5. The van der Waals surface area contributed by atoms with Crippen LogP contribution in [0.3, 0.4) is 0 Å². The van der Waals surface area contributed by atoms with Crippen molar-refractivity contribution in [1.82, 2.24) is 14.8 Å². The molecule has 5 nitrogen and oxygen atoms in total. The highest BCUT2D eigenvalue weighted by atomic mass is 35.5. The number of carbonyl (C=O) groups excluding carboxylic acids is 1. The molecule has 4 heterocycles. The lowest BCUT2D eigenvalue weighted by Gasteiger charge is -2.61. The lowest BCUT2D eigenvalue weighted by molar-refractivity contribution is -0.00192. The first kappa shape index (κ1) is 17.7. The topological polar surface area (TPSA) is 39.7 Å². The highest BCUT2D eigenvalue weighted by Crippen LogP contribution is 2.42. The Morgan fingerprint density at radius 3 is 2.75 bits per heavy atom. The maximum absolute atomic E-state index is 13.1. The fourth-order valence-corrected chi connectivity index (χ4v) is 4.84. The number of rotatable bonds is 1. The molecule has 7 heteroatoms. The molecule has 1 aromatic rings. The summed E-state index contributed by atoms with van der Waals surface area (Å²) < 4.78 is 13.0. The van der Waals surface area contributed by atoms with Crippen LogP contribution in [0.15, 0.2) is 52.9 Å². The molecule has 1 spiro atoms. The molecule has 0 saturated carbocycles. The van der Waals surface area contributed by atoms with Crippen LogP contribution in [0, 0.1) is 11.2 Å². The van der Waals surface area contributed by atoms with Crippen LogP contribution in [0.1, 0.15) is 19.3 Å². The molecule has 0 radical (unpaired) electrons. The Kier molecular flexibility index (Phi) is 4.19. The Morgan fingerprint density at radius 1 is 1.18 bits per heavy atom. The van der Waals surface area contributed by atoms with Gasteiger partial charge in [-0.15, -0.1) is 0 Å². The first-order valence-corrected chi connectivity index (χ1v) is 10.1. The molecule has 0 atom stereocenters. The third-order valence-corrected chi connectivity index (χ3v) is 6.38. The summed E-state index contributed by atoms with van der Waals surface area (Å²) in [6, 6.07) is 3.25. The van der Waals surface area contributed by atoms with Crippen molar-refractivity contribution >= 4 is 23.4 Å². The van der Waals surface area contributed by atoms with E-state index in [1.54, 1.807) is 6.07 Å². The molecule has 1 aliphatic carbocycles. The average Bonchev–Trinajstić information content (AvgIpc) is 2.82. The van der Waals surface area contributed by atoms with Crippen molar-refractivity contribution in [3.63, 3.8) is 0 Å². The fourth-order valence-electron chi connectivity index (χ4n) is 4.70. The predicted molar refractivity (Wildman–Crippen MR) is 106 cm³/mol. The van der Waals surface area contributed by atoms with Crippen LogP contribution in [0.2, 0.25) is 0 Å². The third kappa shape index (κ3) is 3.00. The Hall–Kier alpha value is -2.34. The van der Waals surface area contributed by atoms with E-state index >= 15 is 0 Å². The zero-order valence-corrected chi connectivity index (χ0v) is 16.3. The van der Waals surface area contributed by atoms with E-state index in [0.29, 0.717) is 0 Å². The summed E-state index contributed by atoms with van der Waals surface area (Å²) in [5.41, 5.74) is 2.47. The van der Waals surface area contributed by atoms with Crippen LogP contribution < -0.4 is 4.90 Å². The van der Waals surface area contributed by atoms with Crippen LogP contribution in [0.25, 0.3) is 0 Å². The molecule has 0 bridgehead atoms. The smallest absolute Gasteiger partial charge is 0.324 e. The molecule has 3 aliphatic heterocycles. The van der Waals surface area contributed by atoms with E-state index in [-0.39, 0.29) is 17.3 Å². The monoisotopic (exact) mass is 400 g/mol. The maximum Gasteiger partial charge on any atom is 0.324 e. The first-order chi connectivity index (χ1) is 13.5. The summed E-state index contributed by atoms with van der Waals surface area (Å²) >= 11 is 6.15. The number of likely N-dealkylation sites (tertiary alicyclic amines) is 1. The molecular weight excluding hydrogens is 379 g/mol. The quantitative estimate of drug-likeness (QED) is 0.717. The van der Waals surface area contributed by atoms with Gasteiger partial charge in [0.2, 0.25) is 0 Å². The van der Waals surface area contributed by atoms with Crippen LogP contribution in [-0.2, 0) is 0 Å². The van der Waals surface area contributed by atoms with Crippen LogP contribution in [-0.4, -0.2) is 53.5 Å². The highest BCUT2D eigenvalue weighted by molar-refractivity contribution is 6.31. The minimum absolute atomic E-state index is 0.0962. The van der Waals surface area contributed by atoms with Gasteiger partial charge in [0, 0.05) is 48.9 Å². The highest BCUT2D eigenvalue weighted by Gasteiger charge is 2.54. The fraction of sp³-hybridized carbons (Fsp3) is 0.429. The van der Waals surface area contributed by atoms with Crippen molar-refractivity contribution < 1.29 is 9.18 Å². The lowest BCUT2D eigenvalue weighted by atomic mass is 9.73. The average molecular weight is 401 g/mol. The summed E-state index contributed by atoms with van der Waals surface area (Å²) in [6.45, 7) is 4.02. The van der Waals surface area contributed by atoms with Gasteiger partial charge in [-0.2, -0.15) is 0 Å². The maximum atomic E-state index is 13.1. The van der Waals surface area contributed by atoms with Gasteiger partial charge in [-0.25, -0.2) is 14.2 Å². The second-order valence-electron chi connectivity index (χ2n) is 8.20. The van der Waals surface area contributed by atoms with E-state index in [9.17, 15) is 9.18 Å². The number of halogens is 2. The van der Waals surface area contributed by atoms with Crippen LogP contribution in [0.4, 0.5) is 15.0 Å². The summed E-state index contributed by atoms with van der Waals surface area (Å²) in [5, 5.41) is 0.730. The largest absolute Gasteiger partial charge is 0.355 e. The number of hydrogen-bond acceptors (Lipinski definition) is 3. The Bertz CT molecular complexity index is 893. The zero-order valence-electron chi connectivity index (χ0n) is 15.6. The van der Waals surface area contributed by atoms with Crippen molar-refractivity contribution in [2.45, 2.75) is 19.3 Å². The van der Waals surface area contributed by atoms with E-state index < -0.39 is 0 Å². The number of carbonyl (C=O) groups is 1. The SMILES string of the molecule is O=C(N1CC2(C1)CN(c1ccc(F)cn1)C2)N1CCCC2=C1C=CC(Cl)=CC2. The summed E-state index contributed by atoms with van der Waals surface area (Å²) in [6.07, 6.45) is 9.96. The number of pyridine rings is 1. The molecule has 1 aromatic heterocycles. The molecule has 0 N–H and O–H groups in total. The van der Waals surface area contributed by atoms with Crippen molar-refractivity contribution in [2.75, 3.05) is 37.6 Å². The Labute approximate surface area is 168 Å². The third-order valence-electron chi connectivity index (χ3n) is 6.10. The number of nitrogens with zero attached hydrogens (tertiary/aromatic N) is 4. The molecule has 4 aliphatic rings. The zero-order chi connectivity index (χ0) is 19.3. The number of amides is 2. The molecule has 2 amide bonds. The molecule has 2 saturated heterocycles. The van der Waals surface area contributed by atoms with Gasteiger partial charge in [0.05, 0.1) is 6.20 Å². The minimum atomic E-state index is -0.321. The molecule has 5 rings (SSSR count). The number of urea groups is 1. The number of anilines is 1. The first-order valence-electron chi connectivity index (χ1n) is 9.72. The Balaban J connectivity index is 1.22. The van der Waals surface area contributed by atoms with E-state index in [1.165, 1.54) is 17.8 Å². The van der Waals surface area contributed by atoms with Gasteiger partial charge in [-0.3, -0.25) is 4.90 Å². The molecule has 146 valence electrons. The van der Waals surface area contributed by atoms with Gasteiger partial charge >= 0.3 is 6.03 Å². The molecule has 2 fully saturated rings. The van der Waals surface area contributed by atoms with Crippen LogP contribution >= 0.6 is 11.6 Å². The van der Waals surface area contributed by atoms with Crippen molar-refractivity contribution in [1.29, 1.82) is 0 Å². The number of aromatic nitrogens is 1. The molecule has 28 heavy (non-hydrogen) atoms. The van der Waals surface area contributed by atoms with Crippen molar-refractivity contribution in [3.05, 3.63) is 58.7 Å². The van der Waals surface area contributed by atoms with Gasteiger partial charge in [-0.1, -0.05) is 17.7 Å². The second-order valence-corrected chi connectivity index (χ2v) is 8.64. The van der Waals surface area contributed by atoms with Gasteiger partial charge in [0.15, 0.2) is 0 Å². The van der Waals surface area contributed by atoms with Crippen LogP contribution in [0.5, 0.6) is 0 Å². The van der Waals surface area contributed by atoms with E-state index in [2.05, 4.69) is 9.88 Å². The van der Waals surface area contributed by atoms with Gasteiger partial charge in [0.25, 0.3) is 0 Å². The van der Waals surface area contributed by atoms with Gasteiger partial charge in [-0.05, 0) is 49.1 Å². The summed E-state index contributed by atoms with van der Waals surface area (Å²) in [7, 11) is 0. The normalized spacial score (nSPS) is 23.1. The van der Waals surface area contributed by atoms with Gasteiger partial charge in [0.1, 0.15) is 11.6 Å². The second kappa shape index (κ2) is 6.62. The van der Waals surface area contributed by atoms with Crippen molar-refractivity contribution in [2.24, 2.45) is 5.41 Å². The minimum Gasteiger partial charge on any atom is -0.355 e. The van der Waals surface area contributed by atoms with E-state index in [4.69, 9.17) is 11.6 Å². The molecule has 0 unspecified atom stereocenters. The Morgan fingerprint density at radius 2 is 2.00 bits per heavy atom. The van der Waals surface area contributed by atoms with E-state index in [1.807, 2.05) is 28.0 Å². The molecular formula is C21H22ClFN4O. The number of hydrogen-bond donors (Lipinski definition) is 0. The van der Waals surface area contributed by atoms with Crippen molar-refractivity contribution in [3.8, 4) is 0 Å².